The number of hydrogen-bond acceptors (Lipinski definition) is 4. The van der Waals surface area contributed by atoms with Gasteiger partial charge in [-0.25, -0.2) is 4.98 Å². The summed E-state index contributed by atoms with van der Waals surface area (Å²) < 4.78 is 5.01. The van der Waals surface area contributed by atoms with Crippen molar-refractivity contribution in [1.29, 1.82) is 0 Å². The Morgan fingerprint density at radius 2 is 2.25 bits per heavy atom. The predicted molar refractivity (Wildman–Crippen MR) is 77.1 cm³/mol. The van der Waals surface area contributed by atoms with Crippen LogP contribution >= 0.6 is 0 Å². The van der Waals surface area contributed by atoms with E-state index in [1.54, 1.807) is 19.4 Å². The monoisotopic (exact) mass is 277 g/mol. The Morgan fingerprint density at radius 1 is 1.45 bits per heavy atom. The van der Waals surface area contributed by atoms with Gasteiger partial charge in [0.25, 0.3) is 0 Å². The average Bonchev–Trinajstić information content (AvgIpc) is 2.53. The molecule has 110 valence electrons. The third-order valence-electron chi connectivity index (χ3n) is 4.02. The standard InChI is InChI=1S/C15H23N3O2/c1-20-14-7-6-11(9-17-14)10-18-15(19)13-5-3-2-4-12(13)8-16/h6-7,9,12-13H,2-5,8,10,16H2,1H3,(H,18,19). The lowest BCUT2D eigenvalue weighted by molar-refractivity contribution is -0.127. The first-order valence-electron chi connectivity index (χ1n) is 7.21. The number of ether oxygens (including phenoxy) is 1. The summed E-state index contributed by atoms with van der Waals surface area (Å²) in [7, 11) is 1.58. The van der Waals surface area contributed by atoms with Crippen LogP contribution in [0.15, 0.2) is 18.3 Å². The van der Waals surface area contributed by atoms with Gasteiger partial charge in [0.05, 0.1) is 7.11 Å². The summed E-state index contributed by atoms with van der Waals surface area (Å²) in [5, 5.41) is 3.00. The molecule has 1 aromatic heterocycles. The molecule has 20 heavy (non-hydrogen) atoms. The van der Waals surface area contributed by atoms with Gasteiger partial charge in [-0.05, 0) is 30.9 Å². The van der Waals surface area contributed by atoms with Crippen molar-refractivity contribution in [3.63, 3.8) is 0 Å². The Kier molecular flexibility index (Phi) is 5.35. The summed E-state index contributed by atoms with van der Waals surface area (Å²) in [5.41, 5.74) is 6.74. The normalized spacial score (nSPS) is 22.3. The SMILES string of the molecule is COc1ccc(CNC(=O)C2CCCCC2CN)cn1. The Morgan fingerprint density at radius 3 is 2.90 bits per heavy atom. The van der Waals surface area contributed by atoms with Crippen LogP contribution in [0.4, 0.5) is 0 Å². The van der Waals surface area contributed by atoms with Crippen molar-refractivity contribution in [2.45, 2.75) is 32.2 Å². The van der Waals surface area contributed by atoms with Crippen molar-refractivity contribution in [3.05, 3.63) is 23.9 Å². The average molecular weight is 277 g/mol. The molecule has 1 aliphatic rings. The van der Waals surface area contributed by atoms with E-state index in [1.807, 2.05) is 6.07 Å². The zero-order valence-electron chi connectivity index (χ0n) is 12.0. The smallest absolute Gasteiger partial charge is 0.223 e. The summed E-state index contributed by atoms with van der Waals surface area (Å²) in [6.07, 6.45) is 6.06. The molecule has 0 bridgehead atoms. The second kappa shape index (κ2) is 7.24. The summed E-state index contributed by atoms with van der Waals surface area (Å²) >= 11 is 0. The minimum Gasteiger partial charge on any atom is -0.481 e. The quantitative estimate of drug-likeness (QED) is 0.854. The van der Waals surface area contributed by atoms with Crippen molar-refractivity contribution in [2.75, 3.05) is 13.7 Å². The van der Waals surface area contributed by atoms with Crippen LogP contribution in [-0.2, 0) is 11.3 Å². The molecule has 0 spiro atoms. The van der Waals surface area contributed by atoms with E-state index < -0.39 is 0 Å². The maximum Gasteiger partial charge on any atom is 0.223 e. The summed E-state index contributed by atoms with van der Waals surface area (Å²) in [5.74, 6) is 1.10. The third-order valence-corrected chi connectivity index (χ3v) is 4.02. The molecular formula is C15H23N3O2. The van der Waals surface area contributed by atoms with Crippen molar-refractivity contribution in [3.8, 4) is 5.88 Å². The molecule has 2 atom stereocenters. The van der Waals surface area contributed by atoms with Crippen LogP contribution in [0.25, 0.3) is 0 Å². The predicted octanol–water partition coefficient (Wildman–Crippen LogP) is 1.47. The number of amides is 1. The Bertz CT molecular complexity index is 433. The van der Waals surface area contributed by atoms with Crippen LogP contribution in [0.1, 0.15) is 31.2 Å². The number of aromatic nitrogens is 1. The van der Waals surface area contributed by atoms with Crippen LogP contribution < -0.4 is 15.8 Å². The number of rotatable bonds is 5. The van der Waals surface area contributed by atoms with Crippen molar-refractivity contribution >= 4 is 5.91 Å². The van der Waals surface area contributed by atoms with Crippen LogP contribution in [0, 0.1) is 11.8 Å². The highest BCUT2D eigenvalue weighted by molar-refractivity contribution is 5.79. The molecule has 0 aromatic carbocycles. The molecule has 1 fully saturated rings. The van der Waals surface area contributed by atoms with Gasteiger partial charge in [-0.2, -0.15) is 0 Å². The number of carbonyl (C=O) groups excluding carboxylic acids is 1. The molecule has 1 saturated carbocycles. The molecule has 3 N–H and O–H groups in total. The van der Waals surface area contributed by atoms with Gasteiger partial charge in [0.2, 0.25) is 11.8 Å². The van der Waals surface area contributed by atoms with Crippen molar-refractivity contribution in [2.24, 2.45) is 17.6 Å². The van der Waals surface area contributed by atoms with Crippen LogP contribution in [-0.4, -0.2) is 24.5 Å². The van der Waals surface area contributed by atoms with Crippen molar-refractivity contribution < 1.29 is 9.53 Å². The minimum atomic E-state index is 0.0694. The Labute approximate surface area is 119 Å². The van der Waals surface area contributed by atoms with Crippen LogP contribution in [0.3, 0.4) is 0 Å². The molecule has 1 amide bonds. The second-order valence-electron chi connectivity index (χ2n) is 5.31. The molecule has 5 heteroatoms. The molecule has 5 nitrogen and oxygen atoms in total. The fourth-order valence-electron chi connectivity index (χ4n) is 2.79. The van der Waals surface area contributed by atoms with Gasteiger partial charge in [0.1, 0.15) is 0 Å². The number of nitrogens with one attached hydrogen (secondary N) is 1. The van der Waals surface area contributed by atoms with Gasteiger partial charge in [-0.15, -0.1) is 0 Å². The van der Waals surface area contributed by atoms with Gasteiger partial charge < -0.3 is 15.8 Å². The molecular weight excluding hydrogens is 254 g/mol. The number of nitrogens with two attached hydrogens (primary N) is 1. The largest absolute Gasteiger partial charge is 0.481 e. The first kappa shape index (κ1) is 14.8. The Hall–Kier alpha value is -1.62. The first-order chi connectivity index (χ1) is 9.74. The fraction of sp³-hybridized carbons (Fsp3) is 0.600. The summed E-state index contributed by atoms with van der Waals surface area (Å²) in [6, 6.07) is 3.71. The highest BCUT2D eigenvalue weighted by Gasteiger charge is 2.29. The number of carbonyl (C=O) groups is 1. The molecule has 1 heterocycles. The lowest BCUT2D eigenvalue weighted by Gasteiger charge is -2.29. The summed E-state index contributed by atoms with van der Waals surface area (Å²) in [6.45, 7) is 1.10. The number of pyridine rings is 1. The minimum absolute atomic E-state index is 0.0694. The highest BCUT2D eigenvalue weighted by atomic mass is 16.5. The second-order valence-corrected chi connectivity index (χ2v) is 5.31. The van der Waals surface area contributed by atoms with E-state index in [1.165, 1.54) is 6.42 Å². The Balaban J connectivity index is 1.87. The molecule has 2 rings (SSSR count). The van der Waals surface area contributed by atoms with E-state index in [9.17, 15) is 4.79 Å². The topological polar surface area (TPSA) is 77.2 Å². The molecule has 0 aliphatic heterocycles. The van der Waals surface area contributed by atoms with Gasteiger partial charge in [0.15, 0.2) is 0 Å². The molecule has 0 radical (unpaired) electrons. The zero-order chi connectivity index (χ0) is 14.4. The molecule has 0 saturated heterocycles. The zero-order valence-corrected chi connectivity index (χ0v) is 12.0. The van der Waals surface area contributed by atoms with E-state index >= 15 is 0 Å². The maximum absolute atomic E-state index is 12.3. The van der Waals surface area contributed by atoms with E-state index in [-0.39, 0.29) is 11.8 Å². The van der Waals surface area contributed by atoms with Crippen molar-refractivity contribution in [1.82, 2.24) is 10.3 Å². The summed E-state index contributed by atoms with van der Waals surface area (Å²) in [4.78, 5) is 16.4. The fourth-order valence-corrected chi connectivity index (χ4v) is 2.79. The highest BCUT2D eigenvalue weighted by Crippen LogP contribution is 2.29. The van der Waals surface area contributed by atoms with E-state index in [2.05, 4.69) is 10.3 Å². The maximum atomic E-state index is 12.3. The first-order valence-corrected chi connectivity index (χ1v) is 7.21. The van der Waals surface area contributed by atoms with Gasteiger partial charge in [0, 0.05) is 24.7 Å². The molecule has 2 unspecified atom stereocenters. The third kappa shape index (κ3) is 3.70. The van der Waals surface area contributed by atoms with E-state index in [0.29, 0.717) is 24.9 Å². The lowest BCUT2D eigenvalue weighted by atomic mass is 9.79. The van der Waals surface area contributed by atoms with Gasteiger partial charge >= 0.3 is 0 Å². The van der Waals surface area contributed by atoms with E-state index in [0.717, 1.165) is 24.8 Å². The van der Waals surface area contributed by atoms with Gasteiger partial charge in [-0.3, -0.25) is 4.79 Å². The van der Waals surface area contributed by atoms with E-state index in [4.69, 9.17) is 10.5 Å². The van der Waals surface area contributed by atoms with Gasteiger partial charge in [-0.1, -0.05) is 18.9 Å². The lowest BCUT2D eigenvalue weighted by Crippen LogP contribution is -2.39. The number of methoxy groups -OCH3 is 1. The van der Waals surface area contributed by atoms with Crippen LogP contribution in [0.2, 0.25) is 0 Å². The number of nitrogens with zero attached hydrogens (tertiary/aromatic N) is 1. The van der Waals surface area contributed by atoms with Crippen LogP contribution in [0.5, 0.6) is 5.88 Å². The number of hydrogen-bond donors (Lipinski definition) is 2. The molecule has 1 aromatic rings. The molecule has 1 aliphatic carbocycles.